The summed E-state index contributed by atoms with van der Waals surface area (Å²) >= 11 is 0. The van der Waals surface area contributed by atoms with E-state index in [1.807, 2.05) is 0 Å². The molecule has 0 aromatic carbocycles. The van der Waals surface area contributed by atoms with Crippen molar-refractivity contribution in [2.45, 2.75) is 44.7 Å². The second-order valence-electron chi connectivity index (χ2n) is 3.92. The quantitative estimate of drug-likeness (QED) is 0.460. The molecule has 2 rings (SSSR count). The molecule has 4 nitrogen and oxygen atoms in total. The zero-order chi connectivity index (χ0) is 9.90. The molecule has 2 unspecified atom stereocenters. The maximum Gasteiger partial charge on any atom is 0.156 e. The van der Waals surface area contributed by atoms with Gasteiger partial charge in [-0.05, 0) is 26.7 Å². The third kappa shape index (κ3) is 5.99. The zero-order valence-electron chi connectivity index (χ0n) is 8.19. The molecule has 2 saturated heterocycles. The van der Waals surface area contributed by atoms with E-state index >= 15 is 0 Å². The summed E-state index contributed by atoms with van der Waals surface area (Å²) in [5.74, 6) is -1.50. The third-order valence-electron chi connectivity index (χ3n) is 1.74. The highest BCUT2D eigenvalue weighted by Crippen LogP contribution is 2.24. The molecular formula is C9H18O4. The van der Waals surface area contributed by atoms with Crippen molar-refractivity contribution in [3.8, 4) is 0 Å². The molecule has 2 heterocycles. The SMILES string of the molecule is C1COC(C2CO2)C1.CC(C)(O)O. The van der Waals surface area contributed by atoms with E-state index in [-0.39, 0.29) is 0 Å². The standard InChI is InChI=1S/C6H10O2.C3H8O2/c1-2-5(7-3-1)6-4-8-6;1-3(2,4)5/h5-6H,1-4H2;4-5H,1-2H3. The van der Waals surface area contributed by atoms with Crippen LogP contribution >= 0.6 is 0 Å². The Morgan fingerprint density at radius 3 is 2.00 bits per heavy atom. The van der Waals surface area contributed by atoms with Crippen LogP contribution in [0, 0.1) is 0 Å². The van der Waals surface area contributed by atoms with Gasteiger partial charge in [-0.3, -0.25) is 0 Å². The van der Waals surface area contributed by atoms with E-state index in [1.54, 1.807) is 0 Å². The highest BCUT2D eigenvalue weighted by molar-refractivity contribution is 4.82. The van der Waals surface area contributed by atoms with Crippen LogP contribution in [-0.4, -0.2) is 41.4 Å². The minimum absolute atomic E-state index is 0.454. The Hall–Kier alpha value is -0.160. The average molecular weight is 190 g/mol. The number of hydrogen-bond acceptors (Lipinski definition) is 4. The first-order chi connectivity index (χ1) is 5.97. The lowest BCUT2D eigenvalue weighted by Crippen LogP contribution is -2.15. The topological polar surface area (TPSA) is 62.2 Å². The first-order valence-corrected chi connectivity index (χ1v) is 4.65. The Labute approximate surface area is 78.5 Å². The van der Waals surface area contributed by atoms with Gasteiger partial charge >= 0.3 is 0 Å². The van der Waals surface area contributed by atoms with E-state index in [1.165, 1.54) is 26.7 Å². The second-order valence-corrected chi connectivity index (χ2v) is 3.92. The number of hydrogen-bond donors (Lipinski definition) is 2. The molecule has 2 atom stereocenters. The summed E-state index contributed by atoms with van der Waals surface area (Å²) in [6.45, 7) is 4.48. The molecule has 0 aliphatic carbocycles. The number of rotatable bonds is 1. The van der Waals surface area contributed by atoms with Crippen molar-refractivity contribution in [2.75, 3.05) is 13.2 Å². The van der Waals surface area contributed by atoms with Crippen LogP contribution in [0.25, 0.3) is 0 Å². The Bertz CT molecular complexity index is 136. The van der Waals surface area contributed by atoms with E-state index < -0.39 is 5.79 Å². The molecule has 0 bridgehead atoms. The van der Waals surface area contributed by atoms with Crippen molar-refractivity contribution in [3.63, 3.8) is 0 Å². The molecule has 2 aliphatic rings. The number of epoxide rings is 1. The van der Waals surface area contributed by atoms with Gasteiger partial charge in [0.25, 0.3) is 0 Å². The highest BCUT2D eigenvalue weighted by Gasteiger charge is 2.35. The van der Waals surface area contributed by atoms with E-state index in [9.17, 15) is 0 Å². The van der Waals surface area contributed by atoms with Crippen molar-refractivity contribution in [3.05, 3.63) is 0 Å². The molecule has 0 saturated carbocycles. The van der Waals surface area contributed by atoms with Gasteiger partial charge in [-0.25, -0.2) is 0 Å². The van der Waals surface area contributed by atoms with Crippen LogP contribution in [-0.2, 0) is 9.47 Å². The van der Waals surface area contributed by atoms with Gasteiger partial charge < -0.3 is 19.7 Å². The van der Waals surface area contributed by atoms with Crippen LogP contribution in [0.15, 0.2) is 0 Å². The Kier molecular flexibility index (Phi) is 3.67. The highest BCUT2D eigenvalue weighted by atomic mass is 16.6. The summed E-state index contributed by atoms with van der Waals surface area (Å²) in [5.41, 5.74) is 0. The van der Waals surface area contributed by atoms with Crippen LogP contribution in [0.1, 0.15) is 26.7 Å². The summed E-state index contributed by atoms with van der Waals surface area (Å²) in [4.78, 5) is 0. The monoisotopic (exact) mass is 190 g/mol. The predicted molar refractivity (Wildman–Crippen MR) is 47.2 cm³/mol. The van der Waals surface area contributed by atoms with Gasteiger partial charge in [-0.2, -0.15) is 0 Å². The van der Waals surface area contributed by atoms with Crippen LogP contribution < -0.4 is 0 Å². The maximum absolute atomic E-state index is 8.08. The zero-order valence-corrected chi connectivity index (χ0v) is 8.19. The Morgan fingerprint density at radius 2 is 1.69 bits per heavy atom. The van der Waals surface area contributed by atoms with Gasteiger partial charge in [0.1, 0.15) is 6.10 Å². The molecule has 0 aromatic rings. The first-order valence-electron chi connectivity index (χ1n) is 4.65. The molecule has 2 fully saturated rings. The third-order valence-corrected chi connectivity index (χ3v) is 1.74. The summed E-state index contributed by atoms with van der Waals surface area (Å²) in [7, 11) is 0. The predicted octanol–water partition coefficient (Wildman–Crippen LogP) is 0.271. The van der Waals surface area contributed by atoms with Crippen LogP contribution in [0.4, 0.5) is 0 Å². The summed E-state index contributed by atoms with van der Waals surface area (Å²) in [6.07, 6.45) is 3.36. The van der Waals surface area contributed by atoms with Crippen molar-refractivity contribution in [1.29, 1.82) is 0 Å². The molecule has 4 heteroatoms. The van der Waals surface area contributed by atoms with Crippen molar-refractivity contribution in [2.24, 2.45) is 0 Å². The lowest BCUT2D eigenvalue weighted by Gasteiger charge is -2.03. The number of ether oxygens (including phenoxy) is 2. The minimum Gasteiger partial charge on any atom is -0.375 e. The fourth-order valence-electron chi connectivity index (χ4n) is 1.17. The fraction of sp³-hybridized carbons (Fsp3) is 1.00. The normalized spacial score (nSPS) is 32.3. The molecule has 0 radical (unpaired) electrons. The largest absolute Gasteiger partial charge is 0.375 e. The smallest absolute Gasteiger partial charge is 0.156 e. The average Bonchev–Trinajstić information content (AvgIpc) is 2.64. The number of aliphatic hydroxyl groups is 2. The maximum atomic E-state index is 8.08. The van der Waals surface area contributed by atoms with E-state index in [4.69, 9.17) is 19.7 Å². The summed E-state index contributed by atoms with van der Waals surface area (Å²) in [5, 5.41) is 16.2. The van der Waals surface area contributed by atoms with Crippen molar-refractivity contribution >= 4 is 0 Å². The molecular weight excluding hydrogens is 172 g/mol. The summed E-state index contributed by atoms with van der Waals surface area (Å²) in [6, 6.07) is 0. The molecule has 78 valence electrons. The Morgan fingerprint density at radius 1 is 1.15 bits per heavy atom. The Balaban J connectivity index is 0.000000149. The van der Waals surface area contributed by atoms with Gasteiger partial charge in [-0.1, -0.05) is 0 Å². The lowest BCUT2D eigenvalue weighted by molar-refractivity contribution is -0.127. The molecule has 0 aromatic heterocycles. The molecule has 0 spiro atoms. The van der Waals surface area contributed by atoms with Crippen molar-refractivity contribution in [1.82, 2.24) is 0 Å². The van der Waals surface area contributed by atoms with E-state index in [0.29, 0.717) is 12.2 Å². The van der Waals surface area contributed by atoms with Crippen LogP contribution in [0.5, 0.6) is 0 Å². The molecule has 2 N–H and O–H groups in total. The molecule has 0 amide bonds. The van der Waals surface area contributed by atoms with Crippen LogP contribution in [0.3, 0.4) is 0 Å². The van der Waals surface area contributed by atoms with Gasteiger partial charge in [0.15, 0.2) is 5.79 Å². The second kappa shape index (κ2) is 4.37. The molecule has 2 aliphatic heterocycles. The molecule has 13 heavy (non-hydrogen) atoms. The van der Waals surface area contributed by atoms with Crippen LogP contribution in [0.2, 0.25) is 0 Å². The van der Waals surface area contributed by atoms with Gasteiger partial charge in [-0.15, -0.1) is 0 Å². The van der Waals surface area contributed by atoms with E-state index in [2.05, 4.69) is 0 Å². The minimum atomic E-state index is -1.50. The lowest BCUT2D eigenvalue weighted by atomic mass is 10.2. The first kappa shape index (κ1) is 10.9. The van der Waals surface area contributed by atoms with Gasteiger partial charge in [0.2, 0.25) is 0 Å². The fourth-order valence-corrected chi connectivity index (χ4v) is 1.17. The van der Waals surface area contributed by atoms with E-state index in [0.717, 1.165) is 13.2 Å². The van der Waals surface area contributed by atoms with Gasteiger partial charge in [0.05, 0.1) is 12.7 Å². The van der Waals surface area contributed by atoms with Crippen molar-refractivity contribution < 1.29 is 19.7 Å². The van der Waals surface area contributed by atoms with Gasteiger partial charge in [0, 0.05) is 6.61 Å². The summed E-state index contributed by atoms with van der Waals surface area (Å²) < 4.78 is 10.4.